The van der Waals surface area contributed by atoms with Crippen LogP contribution in [-0.2, 0) is 6.42 Å². The first-order valence-corrected chi connectivity index (χ1v) is 6.57. The normalized spacial score (nSPS) is 18.8. The molecule has 94 valence electrons. The molecule has 4 heteroatoms. The van der Waals surface area contributed by atoms with Gasteiger partial charge in [-0.15, -0.1) is 0 Å². The molecule has 0 fully saturated rings. The molecule has 0 aromatic heterocycles. The lowest BCUT2D eigenvalue weighted by molar-refractivity contribution is 0.375. The maximum absolute atomic E-state index is 5.57. The van der Waals surface area contributed by atoms with Crippen molar-refractivity contribution in [1.29, 1.82) is 0 Å². The van der Waals surface area contributed by atoms with Crippen LogP contribution in [0.1, 0.15) is 29.7 Å². The minimum Gasteiger partial charge on any atom is -0.496 e. The molecular formula is C13H18BrNO2. The fraction of sp³-hybridized carbons (Fsp3) is 0.538. The predicted molar refractivity (Wildman–Crippen MR) is 72.1 cm³/mol. The number of nitrogens with one attached hydrogen (secondary N) is 1. The SMILES string of the molecule is COc1c(Br)c(C)c(OC)c2c1CCNC2C. The molecule has 1 N–H and O–H groups in total. The summed E-state index contributed by atoms with van der Waals surface area (Å²) in [4.78, 5) is 0. The van der Waals surface area contributed by atoms with Gasteiger partial charge in [0.25, 0.3) is 0 Å². The molecule has 0 bridgehead atoms. The van der Waals surface area contributed by atoms with Crippen LogP contribution < -0.4 is 14.8 Å². The van der Waals surface area contributed by atoms with Crippen LogP contribution in [-0.4, -0.2) is 20.8 Å². The van der Waals surface area contributed by atoms with Crippen molar-refractivity contribution in [1.82, 2.24) is 5.32 Å². The topological polar surface area (TPSA) is 30.5 Å². The molecule has 0 saturated carbocycles. The Hall–Kier alpha value is -0.740. The number of hydrogen-bond acceptors (Lipinski definition) is 3. The molecule has 1 aromatic carbocycles. The summed E-state index contributed by atoms with van der Waals surface area (Å²) in [5.74, 6) is 1.92. The second-order valence-corrected chi connectivity index (χ2v) is 5.12. The molecule has 1 aliphatic heterocycles. The van der Waals surface area contributed by atoms with Gasteiger partial charge in [0.2, 0.25) is 0 Å². The number of halogens is 1. The quantitative estimate of drug-likeness (QED) is 0.911. The minimum absolute atomic E-state index is 0.300. The predicted octanol–water partition coefficient (Wildman–Crippen LogP) is 2.98. The van der Waals surface area contributed by atoms with E-state index in [1.807, 2.05) is 6.92 Å². The van der Waals surface area contributed by atoms with Gasteiger partial charge in [-0.25, -0.2) is 0 Å². The number of rotatable bonds is 2. The maximum atomic E-state index is 5.57. The molecule has 1 atom stereocenters. The molecule has 2 rings (SSSR count). The summed E-state index contributed by atoms with van der Waals surface area (Å²) in [5, 5.41) is 3.46. The molecule has 0 saturated heterocycles. The van der Waals surface area contributed by atoms with Gasteiger partial charge in [0.1, 0.15) is 11.5 Å². The molecule has 0 radical (unpaired) electrons. The van der Waals surface area contributed by atoms with Crippen LogP contribution in [0.2, 0.25) is 0 Å². The van der Waals surface area contributed by atoms with Crippen molar-refractivity contribution in [2.45, 2.75) is 26.3 Å². The highest BCUT2D eigenvalue weighted by Crippen LogP contribution is 2.45. The van der Waals surface area contributed by atoms with Crippen molar-refractivity contribution in [3.05, 3.63) is 21.2 Å². The van der Waals surface area contributed by atoms with Gasteiger partial charge in [-0.1, -0.05) is 0 Å². The summed E-state index contributed by atoms with van der Waals surface area (Å²) in [7, 11) is 3.45. The van der Waals surface area contributed by atoms with E-state index in [0.717, 1.165) is 34.5 Å². The number of ether oxygens (including phenoxy) is 2. The van der Waals surface area contributed by atoms with E-state index < -0.39 is 0 Å². The van der Waals surface area contributed by atoms with Crippen LogP contribution in [0, 0.1) is 6.92 Å². The van der Waals surface area contributed by atoms with Gasteiger partial charge >= 0.3 is 0 Å². The fourth-order valence-corrected chi connectivity index (χ4v) is 3.14. The molecule has 17 heavy (non-hydrogen) atoms. The molecule has 3 nitrogen and oxygen atoms in total. The Morgan fingerprint density at radius 3 is 2.47 bits per heavy atom. The van der Waals surface area contributed by atoms with Crippen molar-refractivity contribution in [3.63, 3.8) is 0 Å². The first kappa shape index (κ1) is 12.7. The van der Waals surface area contributed by atoms with Crippen LogP contribution in [0.25, 0.3) is 0 Å². The lowest BCUT2D eigenvalue weighted by Gasteiger charge is -2.29. The second kappa shape index (κ2) is 4.86. The zero-order chi connectivity index (χ0) is 12.6. The first-order chi connectivity index (χ1) is 8.11. The van der Waals surface area contributed by atoms with Gasteiger partial charge in [-0.3, -0.25) is 0 Å². The second-order valence-electron chi connectivity index (χ2n) is 4.32. The van der Waals surface area contributed by atoms with E-state index in [1.165, 1.54) is 11.1 Å². The van der Waals surface area contributed by atoms with Crippen molar-refractivity contribution in [3.8, 4) is 11.5 Å². The zero-order valence-electron chi connectivity index (χ0n) is 10.7. The van der Waals surface area contributed by atoms with E-state index in [4.69, 9.17) is 9.47 Å². The van der Waals surface area contributed by atoms with Crippen molar-refractivity contribution >= 4 is 15.9 Å². The number of fused-ring (bicyclic) bond motifs is 1. The van der Waals surface area contributed by atoms with Crippen LogP contribution in [0.5, 0.6) is 11.5 Å². The van der Waals surface area contributed by atoms with E-state index >= 15 is 0 Å². The van der Waals surface area contributed by atoms with E-state index in [-0.39, 0.29) is 0 Å². The van der Waals surface area contributed by atoms with Crippen molar-refractivity contribution in [2.75, 3.05) is 20.8 Å². The van der Waals surface area contributed by atoms with Gasteiger partial charge < -0.3 is 14.8 Å². The molecule has 1 heterocycles. The third-order valence-electron chi connectivity index (χ3n) is 3.38. The van der Waals surface area contributed by atoms with Crippen LogP contribution in [0.3, 0.4) is 0 Å². The van der Waals surface area contributed by atoms with E-state index in [2.05, 4.69) is 28.2 Å². The average molecular weight is 300 g/mol. The maximum Gasteiger partial charge on any atom is 0.137 e. The Bertz CT molecular complexity index is 446. The number of benzene rings is 1. The summed E-state index contributed by atoms with van der Waals surface area (Å²) in [5.41, 5.74) is 3.59. The standard InChI is InChI=1S/C13H18BrNO2/c1-7-11(14)13(17-4)9-5-6-15-8(2)10(9)12(7)16-3/h8,15H,5-6H2,1-4H3. The van der Waals surface area contributed by atoms with Gasteiger partial charge in [0.05, 0.1) is 18.7 Å². The van der Waals surface area contributed by atoms with Gasteiger partial charge in [0.15, 0.2) is 0 Å². The average Bonchev–Trinajstić information content (AvgIpc) is 2.32. The Morgan fingerprint density at radius 1 is 1.24 bits per heavy atom. The Balaban J connectivity index is 2.75. The summed E-state index contributed by atoms with van der Waals surface area (Å²) >= 11 is 3.61. The molecule has 0 spiro atoms. The molecule has 1 aliphatic rings. The molecule has 0 amide bonds. The highest BCUT2D eigenvalue weighted by atomic mass is 79.9. The molecule has 1 aromatic rings. The lowest BCUT2D eigenvalue weighted by atomic mass is 9.91. The Morgan fingerprint density at radius 2 is 1.88 bits per heavy atom. The Kier molecular flexibility index (Phi) is 3.64. The van der Waals surface area contributed by atoms with Gasteiger partial charge in [0, 0.05) is 22.7 Å². The highest BCUT2D eigenvalue weighted by molar-refractivity contribution is 9.10. The third-order valence-corrected chi connectivity index (χ3v) is 4.33. The number of hydrogen-bond donors (Lipinski definition) is 1. The van der Waals surface area contributed by atoms with Crippen LogP contribution in [0.15, 0.2) is 4.47 Å². The van der Waals surface area contributed by atoms with Crippen molar-refractivity contribution in [2.24, 2.45) is 0 Å². The largest absolute Gasteiger partial charge is 0.496 e. The fourth-order valence-electron chi connectivity index (χ4n) is 2.56. The molecule has 0 aliphatic carbocycles. The van der Waals surface area contributed by atoms with E-state index in [0.29, 0.717) is 6.04 Å². The summed E-state index contributed by atoms with van der Waals surface area (Å²) in [6.45, 7) is 5.18. The van der Waals surface area contributed by atoms with Gasteiger partial charge in [-0.2, -0.15) is 0 Å². The monoisotopic (exact) mass is 299 g/mol. The van der Waals surface area contributed by atoms with Crippen LogP contribution >= 0.6 is 15.9 Å². The van der Waals surface area contributed by atoms with E-state index in [9.17, 15) is 0 Å². The number of methoxy groups -OCH3 is 2. The summed E-state index contributed by atoms with van der Waals surface area (Å²) < 4.78 is 12.1. The summed E-state index contributed by atoms with van der Waals surface area (Å²) in [6.07, 6.45) is 0.970. The van der Waals surface area contributed by atoms with E-state index in [1.54, 1.807) is 14.2 Å². The summed E-state index contributed by atoms with van der Waals surface area (Å²) in [6, 6.07) is 0.300. The van der Waals surface area contributed by atoms with Crippen LogP contribution in [0.4, 0.5) is 0 Å². The highest BCUT2D eigenvalue weighted by Gasteiger charge is 2.27. The lowest BCUT2D eigenvalue weighted by Crippen LogP contribution is -2.29. The van der Waals surface area contributed by atoms with Crippen molar-refractivity contribution < 1.29 is 9.47 Å². The minimum atomic E-state index is 0.300. The third kappa shape index (κ3) is 1.93. The first-order valence-electron chi connectivity index (χ1n) is 5.78. The van der Waals surface area contributed by atoms with Gasteiger partial charge in [-0.05, 0) is 42.7 Å². The molecular weight excluding hydrogens is 282 g/mol. The molecule has 1 unspecified atom stereocenters. The zero-order valence-corrected chi connectivity index (χ0v) is 12.3. The smallest absolute Gasteiger partial charge is 0.137 e. The Labute approximate surface area is 111 Å².